The second-order valence-corrected chi connectivity index (χ2v) is 3.50. The van der Waals surface area contributed by atoms with Crippen LogP contribution in [0.25, 0.3) is 10.9 Å². The fourth-order valence-corrected chi connectivity index (χ4v) is 1.24. The van der Waals surface area contributed by atoms with Crippen LogP contribution in [0.3, 0.4) is 0 Å². The normalized spacial score (nSPS) is 10.9. The number of nitrogens with zero attached hydrogens (tertiary/aromatic N) is 1. The molecule has 0 aromatic carbocycles. The van der Waals surface area contributed by atoms with E-state index in [4.69, 9.17) is 15.7 Å². The van der Waals surface area contributed by atoms with Gasteiger partial charge in [-0.05, 0) is 24.6 Å². The van der Waals surface area contributed by atoms with Gasteiger partial charge < -0.3 is 9.15 Å². The van der Waals surface area contributed by atoms with E-state index in [1.54, 1.807) is 12.1 Å². The number of carbonyl (C=O) groups is 1. The minimum absolute atomic E-state index is 0.0588. The number of esters is 1. The molecule has 0 aliphatic heterocycles. The maximum atomic E-state index is 11.5. The van der Waals surface area contributed by atoms with E-state index in [1.807, 2.05) is 0 Å². The molecule has 4 heteroatoms. The first-order valence-electron chi connectivity index (χ1n) is 5.57. The third-order valence-corrected chi connectivity index (χ3v) is 2.13. The van der Waals surface area contributed by atoms with Crippen molar-refractivity contribution in [2.75, 3.05) is 6.61 Å². The van der Waals surface area contributed by atoms with Gasteiger partial charge in [-0.15, -0.1) is 0 Å². The lowest BCUT2D eigenvalue weighted by Gasteiger charge is -2.02. The number of hydrogen-bond acceptors (Lipinski definition) is 3. The maximum absolute atomic E-state index is 11.5. The van der Waals surface area contributed by atoms with E-state index in [9.17, 15) is 4.79 Å². The van der Waals surface area contributed by atoms with Crippen LogP contribution in [0, 0.1) is 6.57 Å². The van der Waals surface area contributed by atoms with Gasteiger partial charge >= 0.3 is 5.97 Å². The summed E-state index contributed by atoms with van der Waals surface area (Å²) in [6.07, 6.45) is 5.78. The Morgan fingerprint density at radius 2 is 2.41 bits per heavy atom. The van der Waals surface area contributed by atoms with E-state index in [-0.39, 0.29) is 5.70 Å². The Bertz CT molecular complexity index is 412. The molecule has 0 bridgehead atoms. The smallest absolute Gasteiger partial charge is 0.336 e. The van der Waals surface area contributed by atoms with Crippen LogP contribution in [0.4, 0.5) is 0 Å². The van der Waals surface area contributed by atoms with Gasteiger partial charge in [0.15, 0.2) is 0 Å². The zero-order valence-corrected chi connectivity index (χ0v) is 9.81. The molecule has 0 aliphatic carbocycles. The highest BCUT2D eigenvalue weighted by molar-refractivity contribution is 5.95. The lowest BCUT2D eigenvalue weighted by molar-refractivity contribution is -0.138. The van der Waals surface area contributed by atoms with Gasteiger partial charge in [-0.25, -0.2) is 4.85 Å². The average Bonchev–Trinajstić information content (AvgIpc) is 2.84. The van der Waals surface area contributed by atoms with Crippen molar-refractivity contribution in [1.29, 1.82) is 0 Å². The van der Waals surface area contributed by atoms with Crippen molar-refractivity contribution in [1.82, 2.24) is 0 Å². The van der Waals surface area contributed by atoms with Gasteiger partial charge in [-0.1, -0.05) is 19.8 Å². The molecule has 0 saturated heterocycles. The van der Waals surface area contributed by atoms with Crippen LogP contribution in [-0.4, -0.2) is 12.6 Å². The molecule has 1 aromatic heterocycles. The average molecular weight is 233 g/mol. The summed E-state index contributed by atoms with van der Waals surface area (Å²) in [7, 11) is 0. The molecule has 1 aromatic rings. The molecule has 0 radical (unpaired) electrons. The Kier molecular flexibility index (Phi) is 5.59. The Labute approximate surface area is 101 Å². The SMILES string of the molecule is [C-]#[N+]C(=Cc1ccco1)C(=O)OCCCCC. The molecule has 0 atom stereocenters. The van der Waals surface area contributed by atoms with Crippen LogP contribution >= 0.6 is 0 Å². The number of carbonyl (C=O) groups excluding carboxylic acids is 1. The van der Waals surface area contributed by atoms with Crippen molar-refractivity contribution < 1.29 is 13.9 Å². The first kappa shape index (κ1) is 13.0. The van der Waals surface area contributed by atoms with E-state index < -0.39 is 5.97 Å². The molecule has 0 spiro atoms. The van der Waals surface area contributed by atoms with Gasteiger partial charge in [0.25, 0.3) is 5.70 Å². The predicted octanol–water partition coefficient (Wildman–Crippen LogP) is 3.27. The summed E-state index contributed by atoms with van der Waals surface area (Å²) < 4.78 is 10.0. The molecule has 0 unspecified atom stereocenters. The Morgan fingerprint density at radius 1 is 1.59 bits per heavy atom. The van der Waals surface area contributed by atoms with Gasteiger partial charge in [0.05, 0.1) is 19.4 Å². The largest absolute Gasteiger partial charge is 0.471 e. The lowest BCUT2D eigenvalue weighted by Crippen LogP contribution is -2.06. The number of ether oxygens (including phenoxy) is 1. The topological polar surface area (TPSA) is 43.8 Å². The van der Waals surface area contributed by atoms with Gasteiger partial charge in [0, 0.05) is 0 Å². The number of rotatable bonds is 6. The highest BCUT2D eigenvalue weighted by atomic mass is 16.5. The van der Waals surface area contributed by atoms with Crippen molar-refractivity contribution in [3.05, 3.63) is 41.3 Å². The van der Waals surface area contributed by atoms with Crippen LogP contribution in [0.2, 0.25) is 0 Å². The fourth-order valence-electron chi connectivity index (χ4n) is 1.24. The summed E-state index contributed by atoms with van der Waals surface area (Å²) in [5, 5.41) is 0. The molecule has 0 fully saturated rings. The third-order valence-electron chi connectivity index (χ3n) is 2.13. The quantitative estimate of drug-likeness (QED) is 0.328. The second kappa shape index (κ2) is 7.29. The van der Waals surface area contributed by atoms with Crippen LogP contribution < -0.4 is 0 Å². The zero-order chi connectivity index (χ0) is 12.5. The van der Waals surface area contributed by atoms with E-state index in [2.05, 4.69) is 11.8 Å². The van der Waals surface area contributed by atoms with E-state index in [1.165, 1.54) is 12.3 Å². The van der Waals surface area contributed by atoms with Crippen molar-refractivity contribution in [3.63, 3.8) is 0 Å². The Balaban J connectivity index is 2.51. The fraction of sp³-hybridized carbons (Fsp3) is 0.385. The molecule has 90 valence electrons. The summed E-state index contributed by atoms with van der Waals surface area (Å²) in [6, 6.07) is 3.37. The molecule has 0 saturated carbocycles. The summed E-state index contributed by atoms with van der Waals surface area (Å²) in [6.45, 7) is 9.35. The summed E-state index contributed by atoms with van der Waals surface area (Å²) in [5.41, 5.74) is -0.0588. The maximum Gasteiger partial charge on any atom is 0.336 e. The molecule has 0 amide bonds. The van der Waals surface area contributed by atoms with Crippen LogP contribution in [-0.2, 0) is 9.53 Å². The Hall–Kier alpha value is -2.02. The third kappa shape index (κ3) is 4.56. The van der Waals surface area contributed by atoms with Crippen LogP contribution in [0.15, 0.2) is 28.5 Å². The lowest BCUT2D eigenvalue weighted by atomic mass is 10.3. The number of hydrogen-bond donors (Lipinski definition) is 0. The van der Waals surface area contributed by atoms with Crippen LogP contribution in [0.1, 0.15) is 31.9 Å². The monoisotopic (exact) mass is 233 g/mol. The number of unbranched alkanes of at least 4 members (excludes halogenated alkanes) is 2. The molecule has 1 rings (SSSR count). The van der Waals surface area contributed by atoms with Crippen molar-refractivity contribution in [3.8, 4) is 0 Å². The highest BCUT2D eigenvalue weighted by Crippen LogP contribution is 2.10. The zero-order valence-electron chi connectivity index (χ0n) is 9.81. The number of furan rings is 1. The highest BCUT2D eigenvalue weighted by Gasteiger charge is 2.11. The van der Waals surface area contributed by atoms with Crippen molar-refractivity contribution in [2.24, 2.45) is 0 Å². The first-order valence-corrected chi connectivity index (χ1v) is 5.57. The molecule has 17 heavy (non-hydrogen) atoms. The summed E-state index contributed by atoms with van der Waals surface area (Å²) in [5.74, 6) is -0.117. The van der Waals surface area contributed by atoms with E-state index in [0.29, 0.717) is 12.4 Å². The van der Waals surface area contributed by atoms with E-state index in [0.717, 1.165) is 19.3 Å². The molecule has 0 aliphatic rings. The molecular formula is C13H15NO3. The molecule has 1 heterocycles. The van der Waals surface area contributed by atoms with Gasteiger partial charge in [-0.3, -0.25) is 4.79 Å². The predicted molar refractivity (Wildman–Crippen MR) is 63.8 cm³/mol. The minimum atomic E-state index is -0.590. The molecular weight excluding hydrogens is 218 g/mol. The first-order chi connectivity index (χ1) is 8.27. The summed E-state index contributed by atoms with van der Waals surface area (Å²) in [4.78, 5) is 14.7. The minimum Gasteiger partial charge on any atom is -0.471 e. The second-order valence-electron chi connectivity index (χ2n) is 3.50. The van der Waals surface area contributed by atoms with Crippen LogP contribution in [0.5, 0.6) is 0 Å². The molecule has 4 nitrogen and oxygen atoms in total. The standard InChI is InChI=1S/C13H15NO3/c1-3-4-5-8-17-13(15)12(14-2)10-11-7-6-9-16-11/h6-7,9-10H,3-5,8H2,1H3. The van der Waals surface area contributed by atoms with Gasteiger partial charge in [0.2, 0.25) is 0 Å². The Morgan fingerprint density at radius 3 is 3.00 bits per heavy atom. The van der Waals surface area contributed by atoms with Crippen molar-refractivity contribution >= 4 is 12.0 Å². The van der Waals surface area contributed by atoms with Gasteiger partial charge in [-0.2, -0.15) is 0 Å². The van der Waals surface area contributed by atoms with Crippen molar-refractivity contribution in [2.45, 2.75) is 26.2 Å². The van der Waals surface area contributed by atoms with Gasteiger partial charge in [0.1, 0.15) is 5.76 Å². The molecule has 0 N–H and O–H groups in total. The summed E-state index contributed by atoms with van der Waals surface area (Å²) >= 11 is 0. The van der Waals surface area contributed by atoms with E-state index >= 15 is 0 Å².